The van der Waals surface area contributed by atoms with Gasteiger partial charge in [0.05, 0.1) is 6.07 Å². The quantitative estimate of drug-likeness (QED) is 0.841. The van der Waals surface area contributed by atoms with E-state index in [0.29, 0.717) is 0 Å². The molecule has 0 spiro atoms. The molecule has 0 radical (unpaired) electrons. The zero-order chi connectivity index (χ0) is 17.2. The van der Waals surface area contributed by atoms with E-state index >= 15 is 0 Å². The van der Waals surface area contributed by atoms with Gasteiger partial charge in [-0.15, -0.1) is 13.2 Å². The van der Waals surface area contributed by atoms with Crippen molar-refractivity contribution in [2.75, 3.05) is 7.05 Å². The van der Waals surface area contributed by atoms with Gasteiger partial charge in [0.1, 0.15) is 5.75 Å². The van der Waals surface area contributed by atoms with Gasteiger partial charge in [-0.2, -0.15) is 5.26 Å². The molecule has 1 aromatic rings. The van der Waals surface area contributed by atoms with Gasteiger partial charge < -0.3 is 10.1 Å². The second kappa shape index (κ2) is 6.28. The average molecular weight is 326 g/mol. The Labute approximate surface area is 130 Å². The molecule has 5 nitrogen and oxygen atoms in total. The number of rotatable bonds is 5. The number of halogens is 3. The molecule has 1 fully saturated rings. The third-order valence-corrected chi connectivity index (χ3v) is 3.62. The minimum Gasteiger partial charge on any atom is -0.405 e. The number of hydrogen-bond donors (Lipinski definition) is 1. The van der Waals surface area contributed by atoms with Crippen molar-refractivity contribution in [2.45, 2.75) is 18.7 Å². The normalized spacial score (nSPS) is 21.0. The van der Waals surface area contributed by atoms with Crippen LogP contribution in [0, 0.1) is 23.2 Å². The molecule has 0 aromatic heterocycles. The first-order valence-electron chi connectivity index (χ1n) is 6.78. The Hall–Kier alpha value is -2.56. The van der Waals surface area contributed by atoms with Crippen LogP contribution in [0.25, 0.3) is 0 Å². The molecular formula is C15H13F3N2O3. The number of hydrogen-bond acceptors (Lipinski definition) is 4. The van der Waals surface area contributed by atoms with Crippen molar-refractivity contribution in [3.05, 3.63) is 29.8 Å². The van der Waals surface area contributed by atoms with Gasteiger partial charge in [-0.05, 0) is 24.0 Å². The van der Waals surface area contributed by atoms with E-state index in [1.807, 2.05) is 0 Å². The predicted octanol–water partition coefficient (Wildman–Crippen LogP) is 2.14. The Morgan fingerprint density at radius 3 is 2.61 bits per heavy atom. The van der Waals surface area contributed by atoms with E-state index in [0.717, 1.165) is 0 Å². The summed E-state index contributed by atoms with van der Waals surface area (Å²) in [6, 6.07) is 7.18. The lowest BCUT2D eigenvalue weighted by Gasteiger charge is -2.13. The number of nitrogens with one attached hydrogen (secondary N) is 1. The fourth-order valence-electron chi connectivity index (χ4n) is 2.47. The van der Waals surface area contributed by atoms with Crippen LogP contribution in [0.2, 0.25) is 0 Å². The summed E-state index contributed by atoms with van der Waals surface area (Å²) in [4.78, 5) is 23.7. The van der Waals surface area contributed by atoms with Crippen molar-refractivity contribution >= 4 is 11.7 Å². The Bertz CT molecular complexity index is 667. The standard InChI is InChI=1S/C15H13F3N2O3/c1-20-14(22)11(7-19)13(21)10-6-9(10)8-4-2-3-5-12(8)23-15(16,17)18/h2-5,9-11H,6H2,1H3,(H,20,22)/t9-,10-,11-/m1/s1. The first-order chi connectivity index (χ1) is 10.8. The van der Waals surface area contributed by atoms with Gasteiger partial charge >= 0.3 is 6.36 Å². The van der Waals surface area contributed by atoms with Gasteiger partial charge in [-0.1, -0.05) is 18.2 Å². The number of ether oxygens (including phenoxy) is 1. The average Bonchev–Trinajstić information content (AvgIpc) is 3.26. The monoisotopic (exact) mass is 326 g/mol. The van der Waals surface area contributed by atoms with Crippen LogP contribution in [0.15, 0.2) is 24.3 Å². The maximum atomic E-state index is 12.4. The smallest absolute Gasteiger partial charge is 0.405 e. The van der Waals surface area contributed by atoms with Crippen LogP contribution >= 0.6 is 0 Å². The summed E-state index contributed by atoms with van der Waals surface area (Å²) in [5.74, 6) is -4.27. The molecule has 1 saturated carbocycles. The van der Waals surface area contributed by atoms with Gasteiger partial charge in [0, 0.05) is 13.0 Å². The second-order valence-electron chi connectivity index (χ2n) is 5.11. The number of alkyl halides is 3. The van der Waals surface area contributed by atoms with E-state index in [9.17, 15) is 22.8 Å². The van der Waals surface area contributed by atoms with Gasteiger partial charge in [0.2, 0.25) is 5.91 Å². The molecule has 1 amide bonds. The maximum absolute atomic E-state index is 12.4. The predicted molar refractivity (Wildman–Crippen MR) is 72.1 cm³/mol. The number of amides is 1. The lowest BCUT2D eigenvalue weighted by Crippen LogP contribution is -2.33. The number of benzene rings is 1. The Balaban J connectivity index is 2.17. The third kappa shape index (κ3) is 3.80. The minimum atomic E-state index is -4.83. The van der Waals surface area contributed by atoms with Crippen LogP contribution in [0.3, 0.4) is 0 Å². The molecule has 0 saturated heterocycles. The van der Waals surface area contributed by atoms with Crippen molar-refractivity contribution in [3.63, 3.8) is 0 Å². The lowest BCUT2D eigenvalue weighted by molar-refractivity contribution is -0.274. The Morgan fingerprint density at radius 1 is 1.39 bits per heavy atom. The summed E-state index contributed by atoms with van der Waals surface area (Å²) in [6.45, 7) is 0. The van der Waals surface area contributed by atoms with E-state index < -0.39 is 35.8 Å². The summed E-state index contributed by atoms with van der Waals surface area (Å²) in [6.07, 6.45) is -4.55. The number of nitriles is 1. The number of ketones is 1. The van der Waals surface area contributed by atoms with Crippen molar-refractivity contribution in [3.8, 4) is 11.8 Å². The highest BCUT2D eigenvalue weighted by atomic mass is 19.4. The first kappa shape index (κ1) is 16.8. The number of carbonyl (C=O) groups is 2. The van der Waals surface area contributed by atoms with Crippen LogP contribution in [-0.4, -0.2) is 25.1 Å². The Morgan fingerprint density at radius 2 is 2.04 bits per heavy atom. The molecule has 1 aliphatic carbocycles. The van der Waals surface area contributed by atoms with E-state index in [-0.39, 0.29) is 17.7 Å². The first-order valence-corrected chi connectivity index (χ1v) is 6.78. The lowest BCUT2D eigenvalue weighted by atomic mass is 9.98. The van der Waals surface area contributed by atoms with Gasteiger partial charge in [-0.25, -0.2) is 0 Å². The van der Waals surface area contributed by atoms with Crippen LogP contribution in [-0.2, 0) is 9.59 Å². The van der Waals surface area contributed by atoms with E-state index in [1.165, 1.54) is 25.2 Å². The van der Waals surface area contributed by atoms with Crippen LogP contribution in [0.4, 0.5) is 13.2 Å². The summed E-state index contributed by atoms with van der Waals surface area (Å²) >= 11 is 0. The maximum Gasteiger partial charge on any atom is 0.573 e. The molecule has 0 aliphatic heterocycles. The largest absolute Gasteiger partial charge is 0.573 e. The van der Waals surface area contributed by atoms with Crippen molar-refractivity contribution in [2.24, 2.45) is 11.8 Å². The van der Waals surface area contributed by atoms with Crippen LogP contribution in [0.1, 0.15) is 17.9 Å². The molecule has 8 heteroatoms. The van der Waals surface area contributed by atoms with Crippen molar-refractivity contribution in [1.29, 1.82) is 5.26 Å². The highest BCUT2D eigenvalue weighted by Gasteiger charge is 2.49. The summed E-state index contributed by atoms with van der Waals surface area (Å²) < 4.78 is 41.2. The molecule has 1 N–H and O–H groups in total. The highest BCUT2D eigenvalue weighted by molar-refractivity contribution is 6.06. The fraction of sp³-hybridized carbons (Fsp3) is 0.400. The topological polar surface area (TPSA) is 79.2 Å². The van der Waals surface area contributed by atoms with E-state index in [2.05, 4.69) is 10.1 Å². The number of Topliss-reactive ketones (excluding diaryl/α,β-unsaturated/α-hetero) is 1. The number of nitrogens with zero attached hydrogens (tertiary/aromatic N) is 1. The van der Waals surface area contributed by atoms with Crippen LogP contribution in [0.5, 0.6) is 5.75 Å². The summed E-state index contributed by atoms with van der Waals surface area (Å²) in [5, 5.41) is 11.2. The third-order valence-electron chi connectivity index (χ3n) is 3.62. The number of carbonyl (C=O) groups excluding carboxylic acids is 2. The van der Waals surface area contributed by atoms with Crippen LogP contribution < -0.4 is 10.1 Å². The Kier molecular flexibility index (Phi) is 4.59. The fourth-order valence-corrected chi connectivity index (χ4v) is 2.47. The highest BCUT2D eigenvalue weighted by Crippen LogP contribution is 2.52. The molecule has 0 bridgehead atoms. The zero-order valence-electron chi connectivity index (χ0n) is 12.1. The molecule has 1 aromatic carbocycles. The molecule has 0 heterocycles. The molecule has 122 valence electrons. The van der Waals surface area contributed by atoms with Crippen molar-refractivity contribution < 1.29 is 27.5 Å². The molecule has 3 atom stereocenters. The van der Waals surface area contributed by atoms with Gasteiger partial charge in [0.15, 0.2) is 11.7 Å². The molecule has 23 heavy (non-hydrogen) atoms. The summed E-state index contributed by atoms with van der Waals surface area (Å²) in [5.41, 5.74) is 0.247. The zero-order valence-corrected chi connectivity index (χ0v) is 12.1. The van der Waals surface area contributed by atoms with Crippen molar-refractivity contribution in [1.82, 2.24) is 5.32 Å². The molecule has 0 unspecified atom stereocenters. The van der Waals surface area contributed by atoms with Gasteiger partial charge in [0.25, 0.3) is 0 Å². The number of para-hydroxylation sites is 1. The SMILES string of the molecule is CNC(=O)[C@H](C#N)C(=O)[C@@H]1C[C@@H]1c1ccccc1OC(F)(F)F. The molecular weight excluding hydrogens is 313 g/mol. The summed E-state index contributed by atoms with van der Waals surface area (Å²) in [7, 11) is 1.30. The molecule has 2 rings (SSSR count). The molecule has 1 aliphatic rings. The van der Waals surface area contributed by atoms with Gasteiger partial charge in [-0.3, -0.25) is 9.59 Å². The van der Waals surface area contributed by atoms with E-state index in [4.69, 9.17) is 5.26 Å². The van der Waals surface area contributed by atoms with E-state index in [1.54, 1.807) is 12.1 Å². The second-order valence-corrected chi connectivity index (χ2v) is 5.11. The minimum absolute atomic E-state index is 0.247.